The largest absolute Gasteiger partial charge is 0.268 e. The van der Waals surface area contributed by atoms with E-state index in [0.717, 1.165) is 11.8 Å². The minimum atomic E-state index is -3.61. The van der Waals surface area contributed by atoms with Crippen molar-refractivity contribution >= 4 is 27.5 Å². The summed E-state index contributed by atoms with van der Waals surface area (Å²) in [5.41, 5.74) is 2.34. The topological polar surface area (TPSA) is 81.1 Å². The van der Waals surface area contributed by atoms with Crippen LogP contribution in [0.2, 0.25) is 5.02 Å². The molecular formula is C14H16ClN3O3S. The second-order valence-electron chi connectivity index (χ2n) is 5.03. The predicted octanol–water partition coefficient (Wildman–Crippen LogP) is 1.89. The maximum absolute atomic E-state index is 12.1. The van der Waals surface area contributed by atoms with Gasteiger partial charge in [-0.3, -0.25) is 9.48 Å². The number of nitrogens with one attached hydrogen (secondary N) is 1. The smallest absolute Gasteiger partial charge is 0.268 e. The molecule has 118 valence electrons. The van der Waals surface area contributed by atoms with Gasteiger partial charge in [0.2, 0.25) is 10.0 Å². The zero-order chi connectivity index (χ0) is 16.5. The Labute approximate surface area is 134 Å². The quantitative estimate of drug-likeness (QED) is 0.920. The number of carbonyl (C=O) groups excluding carboxylic acids is 1. The minimum absolute atomic E-state index is 0.277. The number of carbonyl (C=O) groups is 1. The maximum Gasteiger partial charge on any atom is 0.268 e. The predicted molar refractivity (Wildman–Crippen MR) is 84.6 cm³/mol. The summed E-state index contributed by atoms with van der Waals surface area (Å²) in [4.78, 5) is 12.1. The van der Waals surface area contributed by atoms with E-state index in [-0.39, 0.29) is 5.56 Å². The first kappa shape index (κ1) is 16.5. The molecule has 6 nitrogen and oxygen atoms in total. The van der Waals surface area contributed by atoms with Gasteiger partial charge in [-0.1, -0.05) is 23.7 Å². The molecule has 1 amide bonds. The number of hydrogen-bond acceptors (Lipinski definition) is 4. The fraction of sp³-hybridized carbons (Fsp3) is 0.286. The molecule has 22 heavy (non-hydrogen) atoms. The molecule has 0 atom stereocenters. The molecule has 0 radical (unpaired) electrons. The normalized spacial score (nSPS) is 11.5. The first-order valence-corrected chi connectivity index (χ1v) is 8.75. The van der Waals surface area contributed by atoms with Crippen LogP contribution in [-0.2, 0) is 16.6 Å². The molecule has 1 N–H and O–H groups in total. The van der Waals surface area contributed by atoms with Gasteiger partial charge >= 0.3 is 0 Å². The lowest BCUT2D eigenvalue weighted by Gasteiger charge is -2.06. The summed E-state index contributed by atoms with van der Waals surface area (Å²) in [6.45, 7) is 3.87. The number of amides is 1. The third-order valence-corrected chi connectivity index (χ3v) is 3.94. The average molecular weight is 342 g/mol. The summed E-state index contributed by atoms with van der Waals surface area (Å²) in [6.07, 6.45) is 0.938. The van der Waals surface area contributed by atoms with Crippen LogP contribution in [0, 0.1) is 13.8 Å². The fourth-order valence-electron chi connectivity index (χ4n) is 2.16. The number of nitrogens with zero attached hydrogens (tertiary/aromatic N) is 2. The van der Waals surface area contributed by atoms with Gasteiger partial charge in [-0.25, -0.2) is 13.1 Å². The van der Waals surface area contributed by atoms with Crippen LogP contribution in [0.5, 0.6) is 0 Å². The maximum atomic E-state index is 12.1. The number of halogens is 1. The van der Waals surface area contributed by atoms with Gasteiger partial charge in [0.15, 0.2) is 0 Å². The zero-order valence-electron chi connectivity index (χ0n) is 12.4. The number of hydrogen-bond donors (Lipinski definition) is 1. The molecule has 0 aliphatic carbocycles. The highest BCUT2D eigenvalue weighted by molar-refractivity contribution is 7.89. The Morgan fingerprint density at radius 1 is 1.27 bits per heavy atom. The van der Waals surface area contributed by atoms with Gasteiger partial charge in [-0.15, -0.1) is 0 Å². The van der Waals surface area contributed by atoms with Crippen molar-refractivity contribution in [3.63, 3.8) is 0 Å². The van der Waals surface area contributed by atoms with E-state index in [2.05, 4.69) is 5.10 Å². The van der Waals surface area contributed by atoms with Crippen molar-refractivity contribution in [2.45, 2.75) is 20.4 Å². The van der Waals surface area contributed by atoms with Gasteiger partial charge in [0, 0.05) is 10.7 Å². The Morgan fingerprint density at radius 2 is 1.86 bits per heavy atom. The Bertz CT molecular complexity index is 811. The number of rotatable bonds is 4. The molecule has 2 aromatic rings. The Balaban J connectivity index is 2.30. The van der Waals surface area contributed by atoms with Crippen molar-refractivity contribution < 1.29 is 13.2 Å². The second kappa shape index (κ2) is 6.10. The molecule has 8 heteroatoms. The van der Waals surface area contributed by atoms with Crippen LogP contribution in [0.15, 0.2) is 24.3 Å². The monoisotopic (exact) mass is 341 g/mol. The van der Waals surface area contributed by atoms with Gasteiger partial charge in [0.1, 0.15) is 0 Å². The zero-order valence-corrected chi connectivity index (χ0v) is 14.0. The molecule has 1 aromatic heterocycles. The summed E-state index contributed by atoms with van der Waals surface area (Å²) in [5, 5.41) is 4.95. The van der Waals surface area contributed by atoms with Gasteiger partial charge in [0.25, 0.3) is 5.91 Å². The lowest BCUT2D eigenvalue weighted by atomic mass is 10.2. The van der Waals surface area contributed by atoms with Crippen molar-refractivity contribution in [3.8, 4) is 0 Å². The first-order chi connectivity index (χ1) is 10.2. The molecule has 0 aliphatic rings. The van der Waals surface area contributed by atoms with Crippen molar-refractivity contribution in [3.05, 3.63) is 51.8 Å². The van der Waals surface area contributed by atoms with Crippen molar-refractivity contribution in [1.29, 1.82) is 0 Å². The summed E-state index contributed by atoms with van der Waals surface area (Å²) in [5.74, 6) is -0.667. The Morgan fingerprint density at radius 3 is 2.41 bits per heavy atom. The number of benzene rings is 1. The van der Waals surface area contributed by atoms with E-state index in [0.29, 0.717) is 23.0 Å². The molecule has 0 spiro atoms. The van der Waals surface area contributed by atoms with Crippen LogP contribution in [0.1, 0.15) is 27.3 Å². The molecule has 0 saturated carbocycles. The molecular weight excluding hydrogens is 326 g/mol. The number of aryl methyl sites for hydroxylation is 1. The van der Waals surface area contributed by atoms with Crippen LogP contribution in [0.25, 0.3) is 0 Å². The summed E-state index contributed by atoms with van der Waals surface area (Å²) < 4.78 is 26.0. The van der Waals surface area contributed by atoms with Crippen molar-refractivity contribution in [2.24, 2.45) is 0 Å². The van der Waals surface area contributed by atoms with E-state index < -0.39 is 15.9 Å². The van der Waals surface area contributed by atoms with Gasteiger partial charge in [0.05, 0.1) is 24.1 Å². The molecule has 0 saturated heterocycles. The highest BCUT2D eigenvalue weighted by Crippen LogP contribution is 2.16. The molecule has 0 unspecified atom stereocenters. The van der Waals surface area contributed by atoms with E-state index in [1.807, 2.05) is 16.9 Å². The van der Waals surface area contributed by atoms with Gasteiger partial charge < -0.3 is 0 Å². The molecule has 1 heterocycles. The Kier molecular flexibility index (Phi) is 4.58. The van der Waals surface area contributed by atoms with Crippen LogP contribution >= 0.6 is 11.6 Å². The summed E-state index contributed by atoms with van der Waals surface area (Å²) in [6, 6.07) is 7.30. The number of aromatic nitrogens is 2. The van der Waals surface area contributed by atoms with E-state index >= 15 is 0 Å². The third-order valence-electron chi connectivity index (χ3n) is 3.13. The van der Waals surface area contributed by atoms with E-state index in [1.165, 1.54) is 0 Å². The lowest BCUT2D eigenvalue weighted by Crippen LogP contribution is -2.30. The highest BCUT2D eigenvalue weighted by atomic mass is 35.5. The lowest BCUT2D eigenvalue weighted by molar-refractivity contribution is 0.0980. The van der Waals surface area contributed by atoms with Crippen molar-refractivity contribution in [2.75, 3.05) is 6.26 Å². The van der Waals surface area contributed by atoms with E-state index in [4.69, 9.17) is 11.6 Å². The summed E-state index contributed by atoms with van der Waals surface area (Å²) >= 11 is 5.85. The molecule has 0 aliphatic heterocycles. The molecule has 1 aromatic carbocycles. The Hall–Kier alpha value is -1.86. The van der Waals surface area contributed by atoms with Gasteiger partial charge in [-0.2, -0.15) is 5.10 Å². The molecule has 0 bridgehead atoms. The van der Waals surface area contributed by atoms with Crippen LogP contribution in [-0.4, -0.2) is 30.4 Å². The fourth-order valence-corrected chi connectivity index (χ4v) is 2.73. The minimum Gasteiger partial charge on any atom is -0.268 e. The second-order valence-corrected chi connectivity index (χ2v) is 7.22. The SMILES string of the molecule is Cc1nn(Cc2ccc(Cl)cc2)c(C)c1C(=O)NS(C)(=O)=O. The van der Waals surface area contributed by atoms with E-state index in [1.54, 1.807) is 30.7 Å². The first-order valence-electron chi connectivity index (χ1n) is 6.48. The van der Waals surface area contributed by atoms with E-state index in [9.17, 15) is 13.2 Å². The molecule has 0 fully saturated rings. The highest BCUT2D eigenvalue weighted by Gasteiger charge is 2.21. The molecule has 2 rings (SSSR count). The number of sulfonamides is 1. The van der Waals surface area contributed by atoms with Crippen LogP contribution in [0.4, 0.5) is 0 Å². The summed E-state index contributed by atoms with van der Waals surface area (Å²) in [7, 11) is -3.61. The third kappa shape index (κ3) is 3.86. The van der Waals surface area contributed by atoms with Gasteiger partial charge in [-0.05, 0) is 31.5 Å². The average Bonchev–Trinajstić information content (AvgIpc) is 2.65. The van der Waals surface area contributed by atoms with Crippen LogP contribution < -0.4 is 4.72 Å². The van der Waals surface area contributed by atoms with Crippen molar-refractivity contribution in [1.82, 2.24) is 14.5 Å². The van der Waals surface area contributed by atoms with Crippen LogP contribution in [0.3, 0.4) is 0 Å². The standard InChI is InChI=1S/C14H16ClN3O3S/c1-9-13(14(19)17-22(3,20)21)10(2)18(16-9)8-11-4-6-12(15)7-5-11/h4-7H,8H2,1-3H3,(H,17,19).